The van der Waals surface area contributed by atoms with Crippen LogP contribution >= 0.6 is 0 Å². The molecule has 1 aliphatic carbocycles. The number of aryl methyl sites for hydroxylation is 1. The van der Waals surface area contributed by atoms with E-state index in [-0.39, 0.29) is 0 Å². The normalized spacial score (nSPS) is 14.1. The molecule has 1 aromatic heterocycles. The molecule has 0 radical (unpaired) electrons. The lowest BCUT2D eigenvalue weighted by molar-refractivity contribution is 0.410. The lowest BCUT2D eigenvalue weighted by Crippen LogP contribution is -2.06. The van der Waals surface area contributed by atoms with E-state index in [2.05, 4.69) is 21.4 Å². The number of nitrogens with one attached hydrogen (secondary N) is 1. The Balaban J connectivity index is 1.74. The molecule has 1 saturated carbocycles. The monoisotopic (exact) mass is 269 g/mol. The van der Waals surface area contributed by atoms with Crippen molar-refractivity contribution in [2.45, 2.75) is 32.2 Å². The van der Waals surface area contributed by atoms with Gasteiger partial charge in [0.05, 0.1) is 7.11 Å². The van der Waals surface area contributed by atoms with Gasteiger partial charge in [-0.05, 0) is 25.8 Å². The van der Waals surface area contributed by atoms with Crippen LogP contribution in [0.4, 0.5) is 5.82 Å². The van der Waals surface area contributed by atoms with Crippen molar-refractivity contribution >= 4 is 5.82 Å². The first-order valence-corrected chi connectivity index (χ1v) is 6.97. The lowest BCUT2D eigenvalue weighted by Gasteiger charge is -2.11. The summed E-state index contributed by atoms with van der Waals surface area (Å²) in [6, 6.07) is 10.0. The number of nitrogens with zero attached hydrogens (tertiary/aromatic N) is 2. The number of methoxy groups -OCH3 is 1. The summed E-state index contributed by atoms with van der Waals surface area (Å²) in [5, 5.41) is 3.37. The van der Waals surface area contributed by atoms with Crippen LogP contribution in [0.3, 0.4) is 0 Å². The molecule has 4 nitrogen and oxygen atoms in total. The van der Waals surface area contributed by atoms with E-state index in [4.69, 9.17) is 4.74 Å². The number of anilines is 1. The lowest BCUT2D eigenvalue weighted by atomic mass is 10.2. The van der Waals surface area contributed by atoms with Crippen molar-refractivity contribution in [1.82, 2.24) is 9.97 Å². The van der Waals surface area contributed by atoms with Crippen molar-refractivity contribution in [3.63, 3.8) is 0 Å². The van der Waals surface area contributed by atoms with Crippen molar-refractivity contribution in [1.29, 1.82) is 0 Å². The third-order valence-electron chi connectivity index (χ3n) is 3.47. The van der Waals surface area contributed by atoms with Crippen LogP contribution in [-0.2, 0) is 6.54 Å². The Morgan fingerprint density at radius 1 is 1.25 bits per heavy atom. The molecule has 0 amide bonds. The van der Waals surface area contributed by atoms with Crippen molar-refractivity contribution < 1.29 is 4.74 Å². The predicted octanol–water partition coefficient (Wildman–Crippen LogP) is 3.28. The standard InChI is InChI=1S/C16H19N3O/c1-11-9-15(19-16(18-11)12-7-8-12)17-10-13-5-3-4-6-14(13)20-2/h3-6,9,12H,7-8,10H2,1-2H3,(H,17,18,19). The fourth-order valence-electron chi connectivity index (χ4n) is 2.24. The summed E-state index contributed by atoms with van der Waals surface area (Å²) in [5.74, 6) is 3.34. The average molecular weight is 269 g/mol. The highest BCUT2D eigenvalue weighted by molar-refractivity contribution is 5.41. The zero-order valence-electron chi connectivity index (χ0n) is 11.9. The van der Waals surface area contributed by atoms with E-state index >= 15 is 0 Å². The van der Waals surface area contributed by atoms with Crippen molar-refractivity contribution in [3.05, 3.63) is 47.4 Å². The maximum atomic E-state index is 5.36. The van der Waals surface area contributed by atoms with Gasteiger partial charge in [0.2, 0.25) is 0 Å². The molecule has 4 heteroatoms. The second-order valence-corrected chi connectivity index (χ2v) is 5.19. The van der Waals surface area contributed by atoms with E-state index in [0.29, 0.717) is 12.5 Å². The van der Waals surface area contributed by atoms with Gasteiger partial charge in [-0.3, -0.25) is 0 Å². The molecular weight excluding hydrogens is 250 g/mol. The fraction of sp³-hybridized carbons (Fsp3) is 0.375. The first-order valence-electron chi connectivity index (χ1n) is 6.97. The quantitative estimate of drug-likeness (QED) is 0.905. The van der Waals surface area contributed by atoms with Gasteiger partial charge in [0.25, 0.3) is 0 Å². The van der Waals surface area contributed by atoms with Crippen molar-refractivity contribution in [2.24, 2.45) is 0 Å². The van der Waals surface area contributed by atoms with Gasteiger partial charge in [-0.25, -0.2) is 9.97 Å². The Morgan fingerprint density at radius 2 is 2.05 bits per heavy atom. The van der Waals surface area contributed by atoms with Crippen LogP contribution in [0.2, 0.25) is 0 Å². The molecule has 1 aromatic carbocycles. The minimum absolute atomic E-state index is 0.571. The summed E-state index contributed by atoms with van der Waals surface area (Å²) in [4.78, 5) is 9.11. The van der Waals surface area contributed by atoms with E-state index in [1.807, 2.05) is 31.2 Å². The van der Waals surface area contributed by atoms with Crippen LogP contribution in [0.15, 0.2) is 30.3 Å². The van der Waals surface area contributed by atoms with E-state index in [1.165, 1.54) is 12.8 Å². The Morgan fingerprint density at radius 3 is 2.80 bits per heavy atom. The minimum atomic E-state index is 0.571. The Hall–Kier alpha value is -2.10. The summed E-state index contributed by atoms with van der Waals surface area (Å²) < 4.78 is 5.36. The average Bonchev–Trinajstić information content (AvgIpc) is 3.29. The summed E-state index contributed by atoms with van der Waals surface area (Å²) in [6.45, 7) is 2.71. The van der Waals surface area contributed by atoms with Crippen molar-refractivity contribution in [3.8, 4) is 5.75 Å². The highest BCUT2D eigenvalue weighted by atomic mass is 16.5. The van der Waals surface area contributed by atoms with Gasteiger partial charge in [-0.15, -0.1) is 0 Å². The molecule has 1 N–H and O–H groups in total. The third kappa shape index (κ3) is 2.90. The second kappa shape index (κ2) is 5.49. The van der Waals surface area contributed by atoms with Gasteiger partial charge >= 0.3 is 0 Å². The molecule has 0 spiro atoms. The molecule has 0 bridgehead atoms. The van der Waals surface area contributed by atoms with Gasteiger partial charge in [0, 0.05) is 29.8 Å². The molecule has 104 valence electrons. The largest absolute Gasteiger partial charge is 0.496 e. The van der Waals surface area contributed by atoms with E-state index < -0.39 is 0 Å². The predicted molar refractivity (Wildman–Crippen MR) is 79.1 cm³/mol. The van der Waals surface area contributed by atoms with Crippen LogP contribution in [0, 0.1) is 6.92 Å². The Bertz CT molecular complexity index is 608. The first kappa shape index (κ1) is 12.9. The minimum Gasteiger partial charge on any atom is -0.496 e. The van der Waals surface area contributed by atoms with E-state index in [1.54, 1.807) is 7.11 Å². The second-order valence-electron chi connectivity index (χ2n) is 5.19. The Kier molecular flexibility index (Phi) is 3.54. The molecular formula is C16H19N3O. The Labute approximate surface area is 119 Å². The number of ether oxygens (including phenoxy) is 1. The molecule has 1 fully saturated rings. The molecule has 2 aromatic rings. The molecule has 0 aliphatic heterocycles. The molecule has 20 heavy (non-hydrogen) atoms. The summed E-state index contributed by atoms with van der Waals surface area (Å²) >= 11 is 0. The molecule has 1 heterocycles. The number of aromatic nitrogens is 2. The van der Waals surface area contributed by atoms with Gasteiger partial charge in [-0.2, -0.15) is 0 Å². The molecule has 0 saturated heterocycles. The van der Waals surface area contributed by atoms with Crippen LogP contribution in [0.1, 0.15) is 35.8 Å². The van der Waals surface area contributed by atoms with E-state index in [9.17, 15) is 0 Å². The molecule has 1 aliphatic rings. The van der Waals surface area contributed by atoms with Crippen LogP contribution < -0.4 is 10.1 Å². The molecule has 3 rings (SSSR count). The number of hydrogen-bond acceptors (Lipinski definition) is 4. The zero-order chi connectivity index (χ0) is 13.9. The van der Waals surface area contributed by atoms with Gasteiger partial charge in [-0.1, -0.05) is 18.2 Å². The van der Waals surface area contributed by atoms with Crippen LogP contribution in [-0.4, -0.2) is 17.1 Å². The van der Waals surface area contributed by atoms with Crippen molar-refractivity contribution in [2.75, 3.05) is 12.4 Å². The number of para-hydroxylation sites is 1. The summed E-state index contributed by atoms with van der Waals surface area (Å²) in [5.41, 5.74) is 2.14. The van der Waals surface area contributed by atoms with Gasteiger partial charge in [0.15, 0.2) is 0 Å². The zero-order valence-corrected chi connectivity index (χ0v) is 11.9. The van der Waals surface area contributed by atoms with Gasteiger partial charge in [0.1, 0.15) is 17.4 Å². The van der Waals surface area contributed by atoms with Gasteiger partial charge < -0.3 is 10.1 Å². The third-order valence-corrected chi connectivity index (χ3v) is 3.47. The molecule has 0 unspecified atom stereocenters. The number of rotatable bonds is 5. The van der Waals surface area contributed by atoms with Crippen LogP contribution in [0.5, 0.6) is 5.75 Å². The topological polar surface area (TPSA) is 47.0 Å². The maximum absolute atomic E-state index is 5.36. The maximum Gasteiger partial charge on any atom is 0.134 e. The number of hydrogen-bond donors (Lipinski definition) is 1. The number of benzene rings is 1. The summed E-state index contributed by atoms with van der Waals surface area (Å²) in [7, 11) is 1.69. The van der Waals surface area contributed by atoms with E-state index in [0.717, 1.165) is 28.6 Å². The SMILES string of the molecule is COc1ccccc1CNc1cc(C)nc(C2CC2)n1. The highest BCUT2D eigenvalue weighted by Crippen LogP contribution is 2.38. The summed E-state index contributed by atoms with van der Waals surface area (Å²) in [6.07, 6.45) is 2.44. The van der Waals surface area contributed by atoms with Crippen LogP contribution in [0.25, 0.3) is 0 Å². The highest BCUT2D eigenvalue weighted by Gasteiger charge is 2.26. The molecule has 0 atom stereocenters. The fourth-order valence-corrected chi connectivity index (χ4v) is 2.24. The first-order chi connectivity index (χ1) is 9.76. The smallest absolute Gasteiger partial charge is 0.134 e.